The molecule has 0 atom stereocenters. The predicted molar refractivity (Wildman–Crippen MR) is 128 cm³/mol. The van der Waals surface area contributed by atoms with Crippen LogP contribution in [0.5, 0.6) is 5.75 Å². The Balaban J connectivity index is 1.37. The van der Waals surface area contributed by atoms with Crippen molar-refractivity contribution in [2.75, 3.05) is 11.9 Å². The van der Waals surface area contributed by atoms with Crippen molar-refractivity contribution < 1.29 is 27.8 Å². The molecule has 0 saturated heterocycles. The van der Waals surface area contributed by atoms with Gasteiger partial charge in [-0.3, -0.25) is 0 Å². The van der Waals surface area contributed by atoms with Gasteiger partial charge in [-0.25, -0.2) is 4.79 Å². The fraction of sp³-hybridized carbons (Fsp3) is 0.222. The van der Waals surface area contributed by atoms with Gasteiger partial charge >= 0.3 is 12.1 Å². The number of aromatic carboxylic acids is 1. The van der Waals surface area contributed by atoms with E-state index in [2.05, 4.69) is 5.32 Å². The number of benzene rings is 3. The molecule has 1 saturated carbocycles. The van der Waals surface area contributed by atoms with Crippen LogP contribution in [0.2, 0.25) is 0 Å². The zero-order valence-electron chi connectivity index (χ0n) is 18.7. The van der Waals surface area contributed by atoms with Gasteiger partial charge in [0.05, 0.1) is 11.3 Å². The summed E-state index contributed by atoms with van der Waals surface area (Å²) in [6.45, 7) is -0.862. The van der Waals surface area contributed by atoms with Crippen LogP contribution >= 0.6 is 0 Å². The maximum atomic E-state index is 12.5. The highest BCUT2D eigenvalue weighted by Crippen LogP contribution is 2.45. The van der Waals surface area contributed by atoms with Gasteiger partial charge < -0.3 is 19.7 Å². The van der Waals surface area contributed by atoms with Crippen LogP contribution in [-0.4, -0.2) is 28.4 Å². The summed E-state index contributed by atoms with van der Waals surface area (Å²) >= 11 is 0. The molecule has 4 aromatic rings. The molecule has 1 aromatic heterocycles. The lowest BCUT2D eigenvalue weighted by atomic mass is 10.0. The number of carbonyl (C=O) groups is 1. The van der Waals surface area contributed by atoms with Gasteiger partial charge in [0.25, 0.3) is 0 Å². The molecule has 2 N–H and O–H groups in total. The van der Waals surface area contributed by atoms with Gasteiger partial charge in [0.15, 0.2) is 6.61 Å². The Morgan fingerprint density at radius 1 is 1.06 bits per heavy atom. The third kappa shape index (κ3) is 5.26. The van der Waals surface area contributed by atoms with Crippen LogP contribution in [0.15, 0.2) is 72.9 Å². The number of carboxylic acids is 1. The highest BCUT2D eigenvalue weighted by molar-refractivity contribution is 5.97. The van der Waals surface area contributed by atoms with E-state index in [9.17, 15) is 23.1 Å². The van der Waals surface area contributed by atoms with Crippen molar-refractivity contribution in [1.82, 2.24) is 4.57 Å². The van der Waals surface area contributed by atoms with E-state index in [-0.39, 0.29) is 11.3 Å². The van der Waals surface area contributed by atoms with Crippen LogP contribution in [0.25, 0.3) is 10.9 Å². The van der Waals surface area contributed by atoms with Crippen molar-refractivity contribution >= 4 is 28.2 Å². The van der Waals surface area contributed by atoms with E-state index in [1.807, 2.05) is 47.2 Å². The standard InChI is InChI=1S/C27H23F3N2O3/c28-27(29,30)16-35-21-4-1-3-17(13-21)15-32-12-11-19-14-20(9-10-24(19)32)31-25-22(18-7-8-18)5-2-6-23(25)26(33)34/h1-6,9-14,18,31H,7-8,15-16H2,(H,33,34). The summed E-state index contributed by atoms with van der Waals surface area (Å²) < 4.78 is 44.2. The minimum absolute atomic E-state index is 0.173. The van der Waals surface area contributed by atoms with Crippen molar-refractivity contribution in [3.05, 3.63) is 89.6 Å². The third-order valence-electron chi connectivity index (χ3n) is 6.04. The van der Waals surface area contributed by atoms with E-state index in [0.717, 1.165) is 40.6 Å². The van der Waals surface area contributed by atoms with Crippen LogP contribution in [0.1, 0.15) is 40.2 Å². The summed E-state index contributed by atoms with van der Waals surface area (Å²) in [5.74, 6) is -0.410. The summed E-state index contributed by atoms with van der Waals surface area (Å²) in [5, 5.41) is 14.0. The molecule has 0 unspecified atom stereocenters. The number of halogens is 3. The number of anilines is 2. The number of hydrogen-bond acceptors (Lipinski definition) is 3. The molecule has 1 heterocycles. The number of aromatic nitrogens is 1. The van der Waals surface area contributed by atoms with Crippen LogP contribution in [0, 0.1) is 0 Å². The highest BCUT2D eigenvalue weighted by Gasteiger charge is 2.29. The van der Waals surface area contributed by atoms with Gasteiger partial charge in [0, 0.05) is 29.3 Å². The Bertz CT molecular complexity index is 1390. The molecular formula is C27H23F3N2O3. The Morgan fingerprint density at radius 2 is 1.86 bits per heavy atom. The van der Waals surface area contributed by atoms with Crippen molar-refractivity contribution in [2.45, 2.75) is 31.5 Å². The van der Waals surface area contributed by atoms with Gasteiger partial charge in [0.1, 0.15) is 5.75 Å². The summed E-state index contributed by atoms with van der Waals surface area (Å²) in [7, 11) is 0. The lowest BCUT2D eigenvalue weighted by Crippen LogP contribution is -2.19. The second-order valence-electron chi connectivity index (χ2n) is 8.74. The molecule has 0 amide bonds. The Hall–Kier alpha value is -3.94. The smallest absolute Gasteiger partial charge is 0.422 e. The van der Waals surface area contributed by atoms with E-state index in [0.29, 0.717) is 18.2 Å². The molecule has 0 aliphatic heterocycles. The van der Waals surface area contributed by atoms with Crippen LogP contribution < -0.4 is 10.1 Å². The monoisotopic (exact) mass is 480 g/mol. The summed E-state index contributed by atoms with van der Waals surface area (Å²) in [4.78, 5) is 11.8. The second-order valence-corrected chi connectivity index (χ2v) is 8.74. The lowest BCUT2D eigenvalue weighted by molar-refractivity contribution is -0.153. The summed E-state index contributed by atoms with van der Waals surface area (Å²) in [5.41, 5.74) is 4.46. The van der Waals surface area contributed by atoms with E-state index in [4.69, 9.17) is 4.74 Å². The number of hydrogen-bond donors (Lipinski definition) is 2. The molecule has 35 heavy (non-hydrogen) atoms. The van der Waals surface area contributed by atoms with Gasteiger partial charge in [-0.2, -0.15) is 13.2 Å². The van der Waals surface area contributed by atoms with Gasteiger partial charge in [0.2, 0.25) is 0 Å². The molecule has 5 rings (SSSR count). The van der Waals surface area contributed by atoms with E-state index in [1.54, 1.807) is 24.3 Å². The number of alkyl halides is 3. The van der Waals surface area contributed by atoms with Crippen LogP contribution in [0.3, 0.4) is 0 Å². The number of rotatable bonds is 8. The molecule has 5 nitrogen and oxygen atoms in total. The quantitative estimate of drug-likeness (QED) is 0.286. The molecule has 3 aromatic carbocycles. The first-order valence-electron chi connectivity index (χ1n) is 11.3. The van der Waals surface area contributed by atoms with E-state index >= 15 is 0 Å². The Labute approximate surface area is 199 Å². The van der Waals surface area contributed by atoms with Gasteiger partial charge in [-0.05, 0) is 72.4 Å². The summed E-state index contributed by atoms with van der Waals surface area (Å²) in [6.07, 6.45) is -0.356. The number of carboxylic acid groups (broad SMARTS) is 1. The van der Waals surface area contributed by atoms with Crippen molar-refractivity contribution in [3.8, 4) is 5.75 Å². The van der Waals surface area contributed by atoms with Crippen LogP contribution in [0.4, 0.5) is 24.5 Å². The fourth-order valence-corrected chi connectivity index (χ4v) is 4.28. The van der Waals surface area contributed by atoms with E-state index in [1.165, 1.54) is 6.07 Å². The largest absolute Gasteiger partial charge is 0.484 e. The van der Waals surface area contributed by atoms with Crippen molar-refractivity contribution in [1.29, 1.82) is 0 Å². The Morgan fingerprint density at radius 3 is 2.60 bits per heavy atom. The molecule has 1 aliphatic rings. The maximum Gasteiger partial charge on any atom is 0.422 e. The molecule has 0 radical (unpaired) electrons. The first-order valence-corrected chi connectivity index (χ1v) is 11.3. The van der Waals surface area contributed by atoms with Gasteiger partial charge in [-0.1, -0.05) is 24.3 Å². The first kappa shape index (κ1) is 22.8. The van der Waals surface area contributed by atoms with E-state index < -0.39 is 18.8 Å². The molecule has 0 bridgehead atoms. The normalized spacial score (nSPS) is 13.7. The number of nitrogens with one attached hydrogen (secondary N) is 1. The molecule has 8 heteroatoms. The number of nitrogens with zero attached hydrogens (tertiary/aromatic N) is 1. The number of para-hydroxylation sites is 1. The zero-order valence-corrected chi connectivity index (χ0v) is 18.7. The molecule has 180 valence electrons. The minimum atomic E-state index is -4.39. The topological polar surface area (TPSA) is 63.5 Å². The highest BCUT2D eigenvalue weighted by atomic mass is 19.4. The first-order chi connectivity index (χ1) is 16.8. The third-order valence-corrected chi connectivity index (χ3v) is 6.04. The SMILES string of the molecule is O=C(O)c1cccc(C2CC2)c1Nc1ccc2c(ccn2Cc2cccc(OCC(F)(F)F)c2)c1. The summed E-state index contributed by atoms with van der Waals surface area (Å²) in [6, 6.07) is 19.8. The number of ether oxygens (including phenoxy) is 1. The minimum Gasteiger partial charge on any atom is -0.484 e. The van der Waals surface area contributed by atoms with Crippen LogP contribution in [-0.2, 0) is 6.54 Å². The second kappa shape index (κ2) is 9.02. The average Bonchev–Trinajstić information content (AvgIpc) is 3.59. The predicted octanol–water partition coefficient (Wildman–Crippen LogP) is 6.95. The zero-order chi connectivity index (χ0) is 24.6. The van der Waals surface area contributed by atoms with Gasteiger partial charge in [-0.15, -0.1) is 0 Å². The average molecular weight is 480 g/mol. The molecule has 0 spiro atoms. The Kier molecular flexibility index (Phi) is 5.88. The maximum absolute atomic E-state index is 12.5. The molecule has 1 fully saturated rings. The van der Waals surface area contributed by atoms with Crippen molar-refractivity contribution in [2.24, 2.45) is 0 Å². The molecular weight excluding hydrogens is 457 g/mol. The van der Waals surface area contributed by atoms with Crippen molar-refractivity contribution in [3.63, 3.8) is 0 Å². The number of fused-ring (bicyclic) bond motifs is 1. The lowest BCUT2D eigenvalue weighted by Gasteiger charge is -2.15. The fourth-order valence-electron chi connectivity index (χ4n) is 4.28. The molecule has 1 aliphatic carbocycles.